The third-order valence-electron chi connectivity index (χ3n) is 16.1. The molecule has 0 bridgehead atoms. The van der Waals surface area contributed by atoms with Crippen LogP contribution in [0.2, 0.25) is 0 Å². The second-order valence-electron chi connectivity index (χ2n) is 26.3. The minimum absolute atomic E-state index is 0. The molecule has 12 rings (SSSR count). The molecule has 9 aromatic carbocycles. The second kappa shape index (κ2) is 22.0. The average Bonchev–Trinajstić information content (AvgIpc) is 1.88. The molecule has 2 aromatic heterocycles. The van der Waals surface area contributed by atoms with Gasteiger partial charge in [-0.15, -0.1) is 53.6 Å². The molecule has 1 aliphatic rings. The van der Waals surface area contributed by atoms with E-state index in [0.29, 0.717) is 22.9 Å². The Morgan fingerprint density at radius 3 is 1.73 bits per heavy atom. The molecule has 0 radical (unpaired) electrons. The zero-order chi connectivity index (χ0) is 59.2. The van der Waals surface area contributed by atoms with Gasteiger partial charge in [-0.3, -0.25) is 0 Å². The Balaban J connectivity index is 0.00000752. The Hall–Kier alpha value is -8.19. The third kappa shape index (κ3) is 11.2. The molecule has 0 aliphatic carbocycles. The number of pyridine rings is 1. The number of benzene rings is 9. The van der Waals surface area contributed by atoms with Gasteiger partial charge in [0, 0.05) is 84.6 Å². The number of aromatic nitrogens is 2. The molecule has 0 N–H and O–H groups in total. The fourth-order valence-corrected chi connectivity index (χ4v) is 11.6. The van der Waals surface area contributed by atoms with Crippen molar-refractivity contribution in [2.45, 2.75) is 105 Å². The molecule has 0 amide bonds. The zero-order valence-electron chi connectivity index (χ0n) is 50.1. The average molecular weight is 1310 g/mol. The number of hydrogen-bond donors (Lipinski definition) is 0. The van der Waals surface area contributed by atoms with E-state index < -0.39 is 17.5 Å². The van der Waals surface area contributed by atoms with Gasteiger partial charge < -0.3 is 19.1 Å². The minimum atomic E-state index is -1.02. The number of halogens is 3. The molecule has 1 aliphatic heterocycles. The van der Waals surface area contributed by atoms with Crippen molar-refractivity contribution < 1.29 is 39.0 Å². The number of nitrogens with zero attached hydrogens (tertiary/aromatic N) is 4. The van der Waals surface area contributed by atoms with Gasteiger partial charge in [-0.2, -0.15) is 6.07 Å². The molecule has 0 fully saturated rings. The standard InChI is InChI=1S/C76H68F3N4O.Pt/c1-73(2,3)51-32-33-80-70(41-51)83-66-27-19-17-25-59(66)60-31-30-56(45-69(60)83)84-57-37-50(58-24-16-18-26-63(58)76(10,11)12)36-55(44-57)81-46-82(68-29-21-20-28-67(68)81)72-61(49-34-52(74(4,5)6)40-53(35-49)75(7,8)9)38-48(47-22-14-13-15-23-47)39-62(72)71-64(78)42-54(77)43-65(71)79;/h13-43,46H,1-12H3;/q-3;. The molecular weight excluding hydrogens is 1240 g/mol. The van der Waals surface area contributed by atoms with Gasteiger partial charge in [-0.05, 0) is 114 Å². The topological polar surface area (TPSA) is 33.5 Å². The molecule has 0 unspecified atom stereocenters. The molecule has 432 valence electrons. The molecular formula is C76H68F3N4OPt-3. The summed E-state index contributed by atoms with van der Waals surface area (Å²) in [5, 5.41) is 2.08. The van der Waals surface area contributed by atoms with Crippen molar-refractivity contribution in [1.29, 1.82) is 0 Å². The van der Waals surface area contributed by atoms with E-state index in [2.05, 4.69) is 196 Å². The first-order chi connectivity index (χ1) is 39.9. The smallest absolute Gasteiger partial charge is 0.136 e. The van der Waals surface area contributed by atoms with E-state index in [1.54, 1.807) is 0 Å². The minimum Gasteiger partial charge on any atom is -0.509 e. The number of ether oxygens (including phenoxy) is 1. The summed E-state index contributed by atoms with van der Waals surface area (Å²) in [6, 6.07) is 66.5. The van der Waals surface area contributed by atoms with Crippen molar-refractivity contribution in [2.24, 2.45) is 0 Å². The summed E-state index contributed by atoms with van der Waals surface area (Å²) in [6.07, 6.45) is 1.87. The summed E-state index contributed by atoms with van der Waals surface area (Å²) in [4.78, 5) is 9.00. The van der Waals surface area contributed by atoms with Crippen molar-refractivity contribution in [2.75, 3.05) is 9.80 Å². The maximum Gasteiger partial charge on any atom is 0.136 e. The normalized spacial score (nSPS) is 12.9. The second-order valence-corrected chi connectivity index (χ2v) is 26.3. The third-order valence-corrected chi connectivity index (χ3v) is 16.1. The Morgan fingerprint density at radius 1 is 0.459 bits per heavy atom. The predicted molar refractivity (Wildman–Crippen MR) is 341 cm³/mol. The molecule has 0 spiro atoms. The largest absolute Gasteiger partial charge is 0.509 e. The molecule has 11 aromatic rings. The molecule has 0 saturated carbocycles. The SMILES string of the molecule is CC(C)(C)c1cc(-c2cc(-c3ccccc3)cc(-c3c(F)cc(F)cc3F)c2N2[CH-]N(c3[c-]c(Oc4[c-]c5c(cc4)c4ccccc4n5-c4cc(C(C)(C)C)ccn4)cc(-c4ccccc4C(C)(C)C)c3)c3ccccc32)cc(C(C)(C)C)c1.[Pt]. The molecule has 3 heterocycles. The summed E-state index contributed by atoms with van der Waals surface area (Å²) in [5.74, 6) is -1.32. The Labute approximate surface area is 513 Å². The number of rotatable bonds is 9. The van der Waals surface area contributed by atoms with E-state index in [4.69, 9.17) is 9.72 Å². The molecule has 9 heteroatoms. The first-order valence-electron chi connectivity index (χ1n) is 28.7. The molecule has 0 saturated heterocycles. The van der Waals surface area contributed by atoms with Crippen LogP contribution in [0.1, 0.15) is 105 Å². The van der Waals surface area contributed by atoms with Crippen LogP contribution in [0.25, 0.3) is 72.1 Å². The van der Waals surface area contributed by atoms with Crippen molar-refractivity contribution in [1.82, 2.24) is 9.55 Å². The summed E-state index contributed by atoms with van der Waals surface area (Å²) in [6.45, 7) is 28.4. The Bertz CT molecular complexity index is 4310. The number of hydrogen-bond acceptors (Lipinski definition) is 4. The van der Waals surface area contributed by atoms with E-state index in [0.717, 1.165) is 107 Å². The monoisotopic (exact) mass is 1300 g/mol. The van der Waals surface area contributed by atoms with Gasteiger partial charge in [0.1, 0.15) is 23.3 Å². The summed E-state index contributed by atoms with van der Waals surface area (Å²) in [7, 11) is 0. The van der Waals surface area contributed by atoms with Crippen molar-refractivity contribution in [3.8, 4) is 61.8 Å². The van der Waals surface area contributed by atoms with Crippen molar-refractivity contribution in [3.05, 3.63) is 247 Å². The fourth-order valence-electron chi connectivity index (χ4n) is 11.6. The van der Waals surface area contributed by atoms with E-state index in [9.17, 15) is 0 Å². The van der Waals surface area contributed by atoms with E-state index in [-0.39, 0.29) is 53.9 Å². The van der Waals surface area contributed by atoms with Crippen molar-refractivity contribution >= 4 is 44.6 Å². The van der Waals surface area contributed by atoms with Gasteiger partial charge in [0.2, 0.25) is 0 Å². The van der Waals surface area contributed by atoms with Crippen LogP contribution in [0.3, 0.4) is 0 Å². The van der Waals surface area contributed by atoms with Crippen LogP contribution in [0.4, 0.5) is 35.9 Å². The number of para-hydroxylation sites is 3. The van der Waals surface area contributed by atoms with E-state index >= 15 is 13.2 Å². The van der Waals surface area contributed by atoms with Gasteiger partial charge in [0.15, 0.2) is 0 Å². The van der Waals surface area contributed by atoms with Crippen LogP contribution in [0.5, 0.6) is 11.5 Å². The Kier molecular flexibility index (Phi) is 15.2. The quantitative estimate of drug-likeness (QED) is 0.135. The number of anilines is 4. The predicted octanol–water partition coefficient (Wildman–Crippen LogP) is 21.3. The van der Waals surface area contributed by atoms with Gasteiger partial charge >= 0.3 is 0 Å². The van der Waals surface area contributed by atoms with Gasteiger partial charge in [-0.1, -0.05) is 192 Å². The zero-order valence-corrected chi connectivity index (χ0v) is 52.4. The van der Waals surface area contributed by atoms with Crippen LogP contribution >= 0.6 is 0 Å². The van der Waals surface area contributed by atoms with Crippen LogP contribution in [0, 0.1) is 36.3 Å². The number of fused-ring (bicyclic) bond motifs is 4. The first kappa shape index (κ1) is 58.6. The summed E-state index contributed by atoms with van der Waals surface area (Å²) >= 11 is 0. The van der Waals surface area contributed by atoms with Crippen LogP contribution < -0.4 is 14.5 Å². The maximum absolute atomic E-state index is 16.9. The van der Waals surface area contributed by atoms with Crippen LogP contribution in [-0.4, -0.2) is 9.55 Å². The Morgan fingerprint density at radius 2 is 1.06 bits per heavy atom. The summed E-state index contributed by atoms with van der Waals surface area (Å²) in [5.41, 5.74) is 13.1. The first-order valence-corrected chi connectivity index (χ1v) is 28.7. The van der Waals surface area contributed by atoms with Crippen LogP contribution in [-0.2, 0) is 42.7 Å². The van der Waals surface area contributed by atoms with Gasteiger partial charge in [0.25, 0.3) is 0 Å². The molecule has 5 nitrogen and oxygen atoms in total. The molecule has 85 heavy (non-hydrogen) atoms. The fraction of sp³-hybridized carbons (Fsp3) is 0.211. The van der Waals surface area contributed by atoms with Crippen molar-refractivity contribution in [3.63, 3.8) is 0 Å². The van der Waals surface area contributed by atoms with E-state index in [1.807, 2.05) is 96.6 Å². The van der Waals surface area contributed by atoms with E-state index in [1.165, 1.54) is 0 Å². The summed E-state index contributed by atoms with van der Waals surface area (Å²) < 4.78 is 58.1. The van der Waals surface area contributed by atoms with Gasteiger partial charge in [0.05, 0.1) is 5.56 Å². The molecule has 0 atom stereocenters. The van der Waals surface area contributed by atoms with Crippen LogP contribution in [0.15, 0.2) is 188 Å². The maximum atomic E-state index is 16.9. The van der Waals surface area contributed by atoms with Gasteiger partial charge in [-0.25, -0.2) is 18.2 Å².